The van der Waals surface area contributed by atoms with Crippen molar-refractivity contribution in [3.05, 3.63) is 32.8 Å². The summed E-state index contributed by atoms with van der Waals surface area (Å²) in [6.07, 6.45) is 3.40. The van der Waals surface area contributed by atoms with E-state index in [1.807, 2.05) is 19.1 Å². The topological polar surface area (TPSA) is 56.3 Å². The Labute approximate surface area is 139 Å². The fourth-order valence-corrected chi connectivity index (χ4v) is 3.58. The molecule has 2 N–H and O–H groups in total. The summed E-state index contributed by atoms with van der Waals surface area (Å²) < 4.78 is 1.85. The highest BCUT2D eigenvalue weighted by Gasteiger charge is 2.43. The molecule has 1 aliphatic heterocycles. The summed E-state index contributed by atoms with van der Waals surface area (Å²) in [5.74, 6) is -0.0312. The van der Waals surface area contributed by atoms with Crippen molar-refractivity contribution in [1.29, 1.82) is 0 Å². The van der Waals surface area contributed by atoms with Crippen molar-refractivity contribution in [1.82, 2.24) is 9.88 Å². The Balaban J connectivity index is 1.85. The number of fused-ring (bicyclic) bond motifs is 1. The molecule has 0 radical (unpaired) electrons. The Hall–Kier alpha value is -0.850. The molecule has 0 unspecified atom stereocenters. The van der Waals surface area contributed by atoms with Gasteiger partial charge in [-0.1, -0.05) is 13.3 Å². The largest absolute Gasteiger partial charge is 0.386 e. The van der Waals surface area contributed by atoms with Crippen molar-refractivity contribution >= 4 is 48.7 Å². The normalized spacial score (nSPS) is 17.0. The van der Waals surface area contributed by atoms with E-state index in [0.29, 0.717) is 18.7 Å². The number of nitrogens with one attached hydrogen (secondary N) is 1. The van der Waals surface area contributed by atoms with E-state index in [4.69, 9.17) is 0 Å². The van der Waals surface area contributed by atoms with Crippen LogP contribution in [0.5, 0.6) is 0 Å². The first kappa shape index (κ1) is 15.1. The number of hydrogen-bond donors (Lipinski definition) is 2. The minimum absolute atomic E-state index is 0.0312. The van der Waals surface area contributed by atoms with E-state index in [9.17, 15) is 9.90 Å². The molecule has 21 heavy (non-hydrogen) atoms. The van der Waals surface area contributed by atoms with Crippen LogP contribution in [-0.4, -0.2) is 39.6 Å². The Kier molecular flexibility index (Phi) is 3.88. The number of nitrogens with zero attached hydrogens (tertiary/aromatic N) is 1. The van der Waals surface area contributed by atoms with Gasteiger partial charge in [-0.05, 0) is 50.4 Å². The zero-order valence-corrected chi connectivity index (χ0v) is 14.8. The molecule has 0 aliphatic carbocycles. The molecule has 2 heterocycles. The number of amides is 1. The Bertz CT molecular complexity index is 705. The number of H-pyrrole nitrogens is 1. The van der Waals surface area contributed by atoms with E-state index >= 15 is 0 Å². The van der Waals surface area contributed by atoms with Crippen LogP contribution < -0.4 is 0 Å². The summed E-state index contributed by atoms with van der Waals surface area (Å²) in [4.78, 5) is 17.4. The number of carbonyl (C=O) groups excluding carboxylic acids is 1. The Morgan fingerprint density at radius 2 is 2.05 bits per heavy atom. The maximum atomic E-state index is 12.6. The molecule has 0 spiro atoms. The first-order valence-corrected chi connectivity index (χ1v) is 8.50. The molecular weight excluding hydrogens is 400 g/mol. The number of β-amino-alcohol motifs (C(OH)–C–C–N with tert-alkyl or cyclic N) is 1. The van der Waals surface area contributed by atoms with Crippen LogP contribution in [0.1, 0.15) is 30.1 Å². The van der Waals surface area contributed by atoms with E-state index in [1.165, 1.54) is 0 Å². The number of halogens is 2. The van der Waals surface area contributed by atoms with Crippen molar-refractivity contribution in [3.63, 3.8) is 0 Å². The molecule has 4 nitrogen and oxygen atoms in total. The van der Waals surface area contributed by atoms with Crippen LogP contribution >= 0.6 is 31.9 Å². The van der Waals surface area contributed by atoms with Crippen LogP contribution in [0.2, 0.25) is 0 Å². The highest BCUT2D eigenvalue weighted by Crippen LogP contribution is 2.32. The summed E-state index contributed by atoms with van der Waals surface area (Å²) in [6.45, 7) is 2.88. The van der Waals surface area contributed by atoms with Gasteiger partial charge in [-0.15, -0.1) is 0 Å². The van der Waals surface area contributed by atoms with Gasteiger partial charge in [-0.3, -0.25) is 4.79 Å². The third-order valence-corrected chi connectivity index (χ3v) is 5.77. The Morgan fingerprint density at radius 1 is 1.38 bits per heavy atom. The van der Waals surface area contributed by atoms with Crippen LogP contribution in [0.25, 0.3) is 10.9 Å². The maximum Gasteiger partial charge on any atom is 0.256 e. The highest BCUT2D eigenvalue weighted by atomic mass is 79.9. The molecule has 0 saturated carbocycles. The summed E-state index contributed by atoms with van der Waals surface area (Å²) in [5.41, 5.74) is 0.870. The molecule has 2 aromatic rings. The molecule has 1 aliphatic rings. The number of hydrogen-bond acceptors (Lipinski definition) is 2. The van der Waals surface area contributed by atoms with E-state index in [1.54, 1.807) is 11.1 Å². The van der Waals surface area contributed by atoms with E-state index in [2.05, 4.69) is 36.8 Å². The SMILES string of the molecule is CCCC1(O)CN(C(=O)c2c[nH]c3cc(Br)c(Br)cc23)C1. The fourth-order valence-electron chi connectivity index (χ4n) is 2.90. The molecule has 3 rings (SSSR count). The lowest BCUT2D eigenvalue weighted by atomic mass is 9.89. The zero-order chi connectivity index (χ0) is 15.2. The van der Waals surface area contributed by atoms with Crippen LogP contribution in [0.4, 0.5) is 0 Å². The minimum atomic E-state index is -0.694. The quantitative estimate of drug-likeness (QED) is 0.803. The number of benzene rings is 1. The van der Waals surface area contributed by atoms with Crippen molar-refractivity contribution in [3.8, 4) is 0 Å². The number of aromatic amines is 1. The minimum Gasteiger partial charge on any atom is -0.386 e. The number of likely N-dealkylation sites (tertiary alicyclic amines) is 1. The van der Waals surface area contributed by atoms with Crippen molar-refractivity contribution < 1.29 is 9.90 Å². The fraction of sp³-hybridized carbons (Fsp3) is 0.400. The van der Waals surface area contributed by atoms with Crippen molar-refractivity contribution in [2.75, 3.05) is 13.1 Å². The number of rotatable bonds is 3. The predicted molar refractivity (Wildman–Crippen MR) is 89.5 cm³/mol. The second-order valence-corrected chi connectivity index (χ2v) is 7.36. The zero-order valence-electron chi connectivity index (χ0n) is 11.6. The molecule has 0 bridgehead atoms. The van der Waals surface area contributed by atoms with Gasteiger partial charge >= 0.3 is 0 Å². The maximum absolute atomic E-state index is 12.6. The van der Waals surface area contributed by atoms with Crippen molar-refractivity contribution in [2.45, 2.75) is 25.4 Å². The van der Waals surface area contributed by atoms with Gasteiger partial charge in [0, 0.05) is 26.0 Å². The van der Waals surface area contributed by atoms with E-state index in [0.717, 1.165) is 32.7 Å². The number of aromatic nitrogens is 1. The van der Waals surface area contributed by atoms with Gasteiger partial charge in [0.05, 0.1) is 24.3 Å². The van der Waals surface area contributed by atoms with Gasteiger partial charge in [0.15, 0.2) is 0 Å². The molecular formula is C15H16Br2N2O2. The second-order valence-electron chi connectivity index (χ2n) is 5.65. The first-order valence-electron chi connectivity index (χ1n) is 6.91. The molecule has 1 fully saturated rings. The second kappa shape index (κ2) is 5.41. The molecule has 1 aromatic carbocycles. The van der Waals surface area contributed by atoms with Gasteiger partial charge in [0.1, 0.15) is 0 Å². The molecule has 6 heteroatoms. The smallest absolute Gasteiger partial charge is 0.256 e. The average Bonchev–Trinajstić information content (AvgIpc) is 2.79. The van der Waals surface area contributed by atoms with Crippen LogP contribution in [0.3, 0.4) is 0 Å². The van der Waals surface area contributed by atoms with Gasteiger partial charge in [0.25, 0.3) is 5.91 Å². The summed E-state index contributed by atoms with van der Waals surface area (Å²) in [5, 5.41) is 11.1. The summed E-state index contributed by atoms with van der Waals surface area (Å²) >= 11 is 6.92. The van der Waals surface area contributed by atoms with Crippen LogP contribution in [0, 0.1) is 0 Å². The first-order chi connectivity index (χ1) is 9.93. The van der Waals surface area contributed by atoms with E-state index < -0.39 is 5.60 Å². The Morgan fingerprint density at radius 3 is 2.71 bits per heavy atom. The number of carbonyl (C=O) groups is 1. The summed E-state index contributed by atoms with van der Waals surface area (Å²) in [6, 6.07) is 3.88. The third kappa shape index (κ3) is 2.64. The molecule has 0 atom stereocenters. The lowest BCUT2D eigenvalue weighted by Crippen LogP contribution is -2.63. The van der Waals surface area contributed by atoms with Gasteiger partial charge in [0.2, 0.25) is 0 Å². The average molecular weight is 416 g/mol. The van der Waals surface area contributed by atoms with Gasteiger partial charge in [-0.25, -0.2) is 0 Å². The van der Waals surface area contributed by atoms with Crippen molar-refractivity contribution in [2.24, 2.45) is 0 Å². The monoisotopic (exact) mass is 414 g/mol. The third-order valence-electron chi connectivity index (χ3n) is 3.93. The molecule has 1 saturated heterocycles. The standard InChI is InChI=1S/C15H16Br2N2O2/c1-2-3-15(21)7-19(8-15)14(20)10-6-18-13-5-12(17)11(16)4-9(10)13/h4-6,18,21H,2-3,7-8H2,1H3. The molecule has 112 valence electrons. The van der Waals surface area contributed by atoms with Gasteiger partial charge in [-0.2, -0.15) is 0 Å². The van der Waals surface area contributed by atoms with Gasteiger partial charge < -0.3 is 15.0 Å². The van der Waals surface area contributed by atoms with Crippen LogP contribution in [-0.2, 0) is 0 Å². The highest BCUT2D eigenvalue weighted by molar-refractivity contribution is 9.13. The van der Waals surface area contributed by atoms with Crippen LogP contribution in [0.15, 0.2) is 27.3 Å². The summed E-state index contributed by atoms with van der Waals surface area (Å²) in [7, 11) is 0. The lowest BCUT2D eigenvalue weighted by molar-refractivity contribution is -0.0859. The predicted octanol–water partition coefficient (Wildman–Crippen LogP) is 3.68. The van der Waals surface area contributed by atoms with E-state index in [-0.39, 0.29) is 5.91 Å². The number of aliphatic hydroxyl groups is 1. The molecule has 1 amide bonds. The lowest BCUT2D eigenvalue weighted by Gasteiger charge is -2.46. The molecule has 1 aromatic heterocycles.